The van der Waals surface area contributed by atoms with Crippen molar-refractivity contribution < 1.29 is 4.42 Å². The van der Waals surface area contributed by atoms with Crippen molar-refractivity contribution in [3.63, 3.8) is 0 Å². The third kappa shape index (κ3) is 2.11. The van der Waals surface area contributed by atoms with Crippen molar-refractivity contribution in [3.05, 3.63) is 27.7 Å². The van der Waals surface area contributed by atoms with Gasteiger partial charge in [0.25, 0.3) is 0 Å². The van der Waals surface area contributed by atoms with Crippen LogP contribution in [0.4, 0.5) is 5.82 Å². The van der Waals surface area contributed by atoms with Gasteiger partial charge in [-0.3, -0.25) is 0 Å². The lowest BCUT2D eigenvalue weighted by atomic mass is 10.3. The van der Waals surface area contributed by atoms with Crippen LogP contribution in [0.3, 0.4) is 0 Å². The SMILES string of the molecule is CNc1nc(-c2ccc(C3CC3C)o2)ncc1I. The molecule has 0 bridgehead atoms. The number of hydrogen-bond donors (Lipinski definition) is 1. The van der Waals surface area contributed by atoms with E-state index < -0.39 is 0 Å². The fourth-order valence-corrected chi connectivity index (χ4v) is 2.58. The molecule has 2 aromatic rings. The van der Waals surface area contributed by atoms with Gasteiger partial charge in [0.05, 0.1) is 3.57 Å². The molecule has 18 heavy (non-hydrogen) atoms. The second-order valence-electron chi connectivity index (χ2n) is 4.66. The highest BCUT2D eigenvalue weighted by atomic mass is 127. The molecule has 1 aliphatic carbocycles. The maximum atomic E-state index is 5.85. The zero-order chi connectivity index (χ0) is 12.7. The summed E-state index contributed by atoms with van der Waals surface area (Å²) in [6.07, 6.45) is 3.03. The van der Waals surface area contributed by atoms with E-state index in [9.17, 15) is 0 Å². The van der Waals surface area contributed by atoms with Crippen LogP contribution in [0.1, 0.15) is 25.0 Å². The third-order valence-corrected chi connectivity index (χ3v) is 4.09. The fourth-order valence-electron chi connectivity index (χ4n) is 2.05. The Morgan fingerprint density at radius 2 is 2.22 bits per heavy atom. The molecule has 0 amide bonds. The van der Waals surface area contributed by atoms with Crippen LogP contribution in [-0.2, 0) is 0 Å². The number of halogens is 1. The van der Waals surface area contributed by atoms with Gasteiger partial charge >= 0.3 is 0 Å². The van der Waals surface area contributed by atoms with E-state index in [0.717, 1.165) is 26.8 Å². The van der Waals surface area contributed by atoms with Crippen molar-refractivity contribution in [3.8, 4) is 11.6 Å². The van der Waals surface area contributed by atoms with E-state index in [1.54, 1.807) is 6.20 Å². The molecule has 1 aliphatic rings. The first-order valence-electron chi connectivity index (χ1n) is 5.99. The predicted octanol–water partition coefficient (Wildman–Crippen LogP) is 3.51. The number of hydrogen-bond acceptors (Lipinski definition) is 4. The molecule has 1 fully saturated rings. The molecular weight excluding hydrogens is 341 g/mol. The summed E-state index contributed by atoms with van der Waals surface area (Å²) in [6.45, 7) is 2.24. The van der Waals surface area contributed by atoms with Gasteiger partial charge in [0.15, 0.2) is 11.6 Å². The second kappa shape index (κ2) is 4.53. The monoisotopic (exact) mass is 355 g/mol. The Labute approximate surface area is 119 Å². The Bertz CT molecular complexity index is 581. The summed E-state index contributed by atoms with van der Waals surface area (Å²) in [7, 11) is 1.85. The largest absolute Gasteiger partial charge is 0.457 e. The molecule has 2 heterocycles. The summed E-state index contributed by atoms with van der Waals surface area (Å²) in [5.74, 6) is 4.61. The molecule has 0 saturated heterocycles. The van der Waals surface area contributed by atoms with Crippen molar-refractivity contribution in [1.29, 1.82) is 0 Å². The lowest BCUT2D eigenvalue weighted by Crippen LogP contribution is -1.98. The first-order chi connectivity index (χ1) is 8.69. The van der Waals surface area contributed by atoms with Gasteiger partial charge in [0.2, 0.25) is 0 Å². The maximum absolute atomic E-state index is 5.85. The normalized spacial score (nSPS) is 21.9. The van der Waals surface area contributed by atoms with Gasteiger partial charge in [-0.1, -0.05) is 6.92 Å². The molecular formula is C13H14IN3O. The highest BCUT2D eigenvalue weighted by molar-refractivity contribution is 14.1. The Morgan fingerprint density at radius 3 is 2.89 bits per heavy atom. The molecule has 94 valence electrons. The van der Waals surface area contributed by atoms with Gasteiger partial charge in [-0.25, -0.2) is 9.97 Å². The van der Waals surface area contributed by atoms with Crippen LogP contribution in [0.15, 0.2) is 22.7 Å². The lowest BCUT2D eigenvalue weighted by molar-refractivity contribution is 0.515. The molecule has 4 nitrogen and oxygen atoms in total. The summed E-state index contributed by atoms with van der Waals surface area (Å²) >= 11 is 2.21. The van der Waals surface area contributed by atoms with E-state index >= 15 is 0 Å². The number of anilines is 1. The smallest absolute Gasteiger partial charge is 0.197 e. The predicted molar refractivity (Wildman–Crippen MR) is 78.5 cm³/mol. The average molecular weight is 355 g/mol. The number of nitrogens with one attached hydrogen (secondary N) is 1. The van der Waals surface area contributed by atoms with Crippen LogP contribution in [0.5, 0.6) is 0 Å². The molecule has 5 heteroatoms. The van der Waals surface area contributed by atoms with Gasteiger partial charge in [-0.2, -0.15) is 0 Å². The van der Waals surface area contributed by atoms with Crippen LogP contribution >= 0.6 is 22.6 Å². The van der Waals surface area contributed by atoms with Crippen molar-refractivity contribution in [2.75, 3.05) is 12.4 Å². The Morgan fingerprint density at radius 1 is 1.44 bits per heavy atom. The lowest BCUT2D eigenvalue weighted by Gasteiger charge is -2.03. The Hall–Kier alpha value is -1.11. The van der Waals surface area contributed by atoms with Gasteiger partial charge in [-0.05, 0) is 47.1 Å². The van der Waals surface area contributed by atoms with Gasteiger partial charge in [-0.15, -0.1) is 0 Å². The van der Waals surface area contributed by atoms with E-state index in [1.807, 2.05) is 19.2 Å². The van der Waals surface area contributed by atoms with Gasteiger partial charge in [0.1, 0.15) is 11.6 Å². The molecule has 2 unspecified atom stereocenters. The van der Waals surface area contributed by atoms with E-state index in [0.29, 0.717) is 11.7 Å². The molecule has 0 spiro atoms. The van der Waals surface area contributed by atoms with Crippen LogP contribution in [0, 0.1) is 9.49 Å². The van der Waals surface area contributed by atoms with Crippen molar-refractivity contribution in [1.82, 2.24) is 9.97 Å². The third-order valence-electron chi connectivity index (χ3n) is 3.30. The minimum absolute atomic E-state index is 0.589. The summed E-state index contributed by atoms with van der Waals surface area (Å²) in [4.78, 5) is 8.77. The molecule has 1 N–H and O–H groups in total. The number of nitrogens with zero attached hydrogens (tertiary/aromatic N) is 2. The minimum Gasteiger partial charge on any atom is -0.457 e. The first-order valence-corrected chi connectivity index (χ1v) is 7.07. The number of aromatic nitrogens is 2. The Balaban J connectivity index is 1.92. The van der Waals surface area contributed by atoms with Crippen molar-refractivity contribution in [2.24, 2.45) is 5.92 Å². The maximum Gasteiger partial charge on any atom is 0.197 e. The van der Waals surface area contributed by atoms with E-state index in [-0.39, 0.29) is 0 Å². The summed E-state index contributed by atoms with van der Waals surface area (Å²) in [5, 5.41) is 3.05. The van der Waals surface area contributed by atoms with Crippen LogP contribution in [0.2, 0.25) is 0 Å². The fraction of sp³-hybridized carbons (Fsp3) is 0.385. The van der Waals surface area contributed by atoms with Crippen LogP contribution in [0.25, 0.3) is 11.6 Å². The molecule has 2 atom stereocenters. The number of rotatable bonds is 3. The van der Waals surface area contributed by atoms with E-state index in [1.165, 1.54) is 6.42 Å². The first kappa shape index (κ1) is 12.0. The molecule has 3 rings (SSSR count). The zero-order valence-electron chi connectivity index (χ0n) is 10.3. The molecule has 1 saturated carbocycles. The molecule has 0 aromatic carbocycles. The topological polar surface area (TPSA) is 51.0 Å². The molecule has 0 aliphatic heterocycles. The average Bonchev–Trinajstić information content (AvgIpc) is 2.92. The summed E-state index contributed by atoms with van der Waals surface area (Å²) < 4.78 is 6.85. The van der Waals surface area contributed by atoms with Crippen molar-refractivity contribution >= 4 is 28.4 Å². The highest BCUT2D eigenvalue weighted by Crippen LogP contribution is 2.47. The quantitative estimate of drug-likeness (QED) is 0.857. The van der Waals surface area contributed by atoms with Crippen LogP contribution < -0.4 is 5.32 Å². The van der Waals surface area contributed by atoms with Crippen molar-refractivity contribution in [2.45, 2.75) is 19.3 Å². The van der Waals surface area contributed by atoms with E-state index in [2.05, 4.69) is 44.8 Å². The highest BCUT2D eigenvalue weighted by Gasteiger charge is 2.36. The number of furan rings is 1. The zero-order valence-corrected chi connectivity index (χ0v) is 12.4. The summed E-state index contributed by atoms with van der Waals surface area (Å²) in [5.41, 5.74) is 0. The Kier molecular flexibility index (Phi) is 3.01. The minimum atomic E-state index is 0.589. The van der Waals surface area contributed by atoms with Gasteiger partial charge < -0.3 is 9.73 Å². The van der Waals surface area contributed by atoms with Gasteiger partial charge in [0, 0.05) is 19.2 Å². The summed E-state index contributed by atoms with van der Waals surface area (Å²) in [6, 6.07) is 4.01. The standard InChI is InChI=1S/C13H14IN3O/c1-7-5-8(7)10-3-4-11(18-10)13-16-6-9(14)12(15-2)17-13/h3-4,6-8H,5H2,1-2H3,(H,15,16,17). The second-order valence-corrected chi connectivity index (χ2v) is 5.82. The molecule has 0 radical (unpaired) electrons. The van der Waals surface area contributed by atoms with Crippen LogP contribution in [-0.4, -0.2) is 17.0 Å². The van der Waals surface area contributed by atoms with E-state index in [4.69, 9.17) is 4.42 Å². The molecule has 2 aromatic heterocycles.